The van der Waals surface area contributed by atoms with Crippen LogP contribution in [-0.2, 0) is 19.2 Å². The first-order chi connectivity index (χ1) is 12.5. The largest absolute Gasteiger partial charge is 0.480 e. The second-order valence-corrected chi connectivity index (χ2v) is 7.28. The van der Waals surface area contributed by atoms with E-state index in [0.29, 0.717) is 5.75 Å². The maximum absolute atomic E-state index is 12.4. The first-order valence-electron chi connectivity index (χ1n) is 8.22. The van der Waals surface area contributed by atoms with Gasteiger partial charge in [-0.1, -0.05) is 0 Å². The molecule has 12 heteroatoms. The smallest absolute Gasteiger partial charge is 0.328 e. The molecule has 0 aliphatic carbocycles. The van der Waals surface area contributed by atoms with Crippen molar-refractivity contribution in [3.8, 4) is 0 Å². The molecule has 0 spiro atoms. The van der Waals surface area contributed by atoms with Crippen LogP contribution < -0.4 is 21.7 Å². The molecule has 156 valence electrons. The number of aliphatic hydroxyl groups excluding tert-OH is 1. The maximum atomic E-state index is 12.4. The summed E-state index contributed by atoms with van der Waals surface area (Å²) in [6.45, 7) is 2.66. The Morgan fingerprint density at radius 1 is 1.07 bits per heavy atom. The molecule has 27 heavy (non-hydrogen) atoms. The minimum absolute atomic E-state index is 0.106. The molecular formula is C15H28N4O6S2. The van der Waals surface area contributed by atoms with Gasteiger partial charge in [-0.05, 0) is 32.3 Å². The number of carboxylic acid groups (broad SMARTS) is 1. The van der Waals surface area contributed by atoms with Gasteiger partial charge in [-0.2, -0.15) is 24.4 Å². The van der Waals surface area contributed by atoms with Gasteiger partial charge in [-0.3, -0.25) is 14.4 Å². The summed E-state index contributed by atoms with van der Waals surface area (Å²) >= 11 is 5.34. The number of aliphatic carboxylic acids is 1. The Morgan fingerprint density at radius 2 is 1.67 bits per heavy atom. The van der Waals surface area contributed by atoms with E-state index in [4.69, 9.17) is 10.8 Å². The van der Waals surface area contributed by atoms with Crippen molar-refractivity contribution in [1.82, 2.24) is 16.0 Å². The van der Waals surface area contributed by atoms with Crippen molar-refractivity contribution in [3.05, 3.63) is 0 Å². The summed E-state index contributed by atoms with van der Waals surface area (Å²) in [5.41, 5.74) is 5.53. The zero-order valence-electron chi connectivity index (χ0n) is 15.5. The molecule has 0 aliphatic heterocycles. The molecule has 0 rings (SSSR count). The molecule has 5 unspecified atom stereocenters. The zero-order valence-corrected chi connectivity index (χ0v) is 17.2. The Labute approximate surface area is 167 Å². The first-order valence-corrected chi connectivity index (χ1v) is 10.2. The van der Waals surface area contributed by atoms with Crippen LogP contribution in [0.5, 0.6) is 0 Å². The average molecular weight is 425 g/mol. The summed E-state index contributed by atoms with van der Waals surface area (Å²) in [7, 11) is 0. The molecule has 10 nitrogen and oxygen atoms in total. The van der Waals surface area contributed by atoms with Crippen LogP contribution in [0.1, 0.15) is 20.3 Å². The molecule has 0 aromatic heterocycles. The number of carbonyl (C=O) groups is 4. The Morgan fingerprint density at radius 3 is 2.11 bits per heavy atom. The maximum Gasteiger partial charge on any atom is 0.328 e. The topological polar surface area (TPSA) is 171 Å². The number of aliphatic hydroxyl groups is 1. The number of nitrogens with two attached hydrogens (primary N) is 1. The van der Waals surface area contributed by atoms with Crippen molar-refractivity contribution in [1.29, 1.82) is 0 Å². The lowest BCUT2D eigenvalue weighted by Gasteiger charge is -2.24. The third-order valence-electron chi connectivity index (χ3n) is 3.58. The number of rotatable bonds is 12. The molecular weight excluding hydrogens is 396 g/mol. The Hall–Kier alpha value is -1.50. The Bertz CT molecular complexity index is 534. The predicted octanol–water partition coefficient (Wildman–Crippen LogP) is -2.06. The molecule has 7 N–H and O–H groups in total. The Balaban J connectivity index is 5.02. The molecule has 0 bridgehead atoms. The number of amides is 3. The minimum Gasteiger partial charge on any atom is -0.480 e. The molecule has 0 aliphatic rings. The van der Waals surface area contributed by atoms with E-state index < -0.39 is 54.0 Å². The van der Waals surface area contributed by atoms with Gasteiger partial charge in [0.25, 0.3) is 0 Å². The molecule has 0 heterocycles. The average Bonchev–Trinajstić information content (AvgIpc) is 2.60. The van der Waals surface area contributed by atoms with E-state index in [9.17, 15) is 24.3 Å². The highest BCUT2D eigenvalue weighted by molar-refractivity contribution is 7.98. The summed E-state index contributed by atoms with van der Waals surface area (Å²) in [6, 6.07) is -4.36. The highest BCUT2D eigenvalue weighted by Gasteiger charge is 2.30. The van der Waals surface area contributed by atoms with E-state index in [0.717, 1.165) is 0 Å². The Kier molecular flexibility index (Phi) is 12.1. The second kappa shape index (κ2) is 12.8. The van der Waals surface area contributed by atoms with Crippen LogP contribution in [-0.4, -0.2) is 81.9 Å². The summed E-state index contributed by atoms with van der Waals surface area (Å²) < 4.78 is 0. The fourth-order valence-electron chi connectivity index (χ4n) is 1.91. The van der Waals surface area contributed by atoms with Gasteiger partial charge in [0.2, 0.25) is 17.7 Å². The van der Waals surface area contributed by atoms with Crippen molar-refractivity contribution in [2.24, 2.45) is 5.73 Å². The summed E-state index contributed by atoms with van der Waals surface area (Å²) in [6.07, 6.45) is 0.736. The van der Waals surface area contributed by atoms with Gasteiger partial charge in [0.05, 0.1) is 12.1 Å². The molecule has 0 saturated carbocycles. The predicted molar refractivity (Wildman–Crippen MR) is 106 cm³/mol. The number of hydrogen-bond donors (Lipinski definition) is 7. The second-order valence-electron chi connectivity index (χ2n) is 5.93. The molecule has 3 amide bonds. The molecule has 0 radical (unpaired) electrons. The van der Waals surface area contributed by atoms with Gasteiger partial charge >= 0.3 is 5.97 Å². The first kappa shape index (κ1) is 25.5. The highest BCUT2D eigenvalue weighted by Crippen LogP contribution is 2.04. The number of carboxylic acids is 1. The van der Waals surface area contributed by atoms with E-state index in [1.165, 1.54) is 25.6 Å². The standard InChI is InChI=1S/C15H28N4O6S2/c1-7(17-13(22)9(16)6-26)12(21)18-10(4-5-27-3)14(23)19-11(8(2)20)15(24)25/h7-11,20,26H,4-6,16H2,1-3H3,(H,17,22)(H,18,21)(H,19,23)(H,24,25). The van der Waals surface area contributed by atoms with E-state index in [-0.39, 0.29) is 12.2 Å². The fraction of sp³-hybridized carbons (Fsp3) is 0.733. The van der Waals surface area contributed by atoms with Crippen molar-refractivity contribution >= 4 is 48.1 Å². The third kappa shape index (κ3) is 9.31. The molecule has 0 aromatic rings. The van der Waals surface area contributed by atoms with E-state index in [2.05, 4.69) is 28.6 Å². The van der Waals surface area contributed by atoms with Crippen molar-refractivity contribution < 1.29 is 29.4 Å². The molecule has 5 atom stereocenters. The number of hydrogen-bond acceptors (Lipinski definition) is 8. The van der Waals surface area contributed by atoms with Crippen molar-refractivity contribution in [3.63, 3.8) is 0 Å². The summed E-state index contributed by atoms with van der Waals surface area (Å²) in [5, 5.41) is 25.6. The van der Waals surface area contributed by atoms with Crippen LogP contribution in [0.25, 0.3) is 0 Å². The van der Waals surface area contributed by atoms with Crippen LogP contribution in [0.15, 0.2) is 0 Å². The summed E-state index contributed by atoms with van der Waals surface area (Å²) in [4.78, 5) is 47.5. The molecule has 0 fully saturated rings. The van der Waals surface area contributed by atoms with Gasteiger partial charge in [0.15, 0.2) is 6.04 Å². The minimum atomic E-state index is -1.50. The van der Waals surface area contributed by atoms with Crippen LogP contribution >= 0.6 is 24.4 Å². The van der Waals surface area contributed by atoms with E-state index in [1.807, 2.05) is 6.26 Å². The lowest BCUT2D eigenvalue weighted by Crippen LogP contribution is -2.57. The molecule has 0 aromatic carbocycles. The number of thioether (sulfide) groups is 1. The fourth-order valence-corrected chi connectivity index (χ4v) is 2.55. The van der Waals surface area contributed by atoms with Gasteiger partial charge in [-0.15, -0.1) is 0 Å². The van der Waals surface area contributed by atoms with Crippen LogP contribution in [0.3, 0.4) is 0 Å². The quantitative estimate of drug-likeness (QED) is 0.175. The van der Waals surface area contributed by atoms with Gasteiger partial charge in [0.1, 0.15) is 12.1 Å². The summed E-state index contributed by atoms with van der Waals surface area (Å²) in [5.74, 6) is -2.69. The van der Waals surface area contributed by atoms with Gasteiger partial charge in [-0.25, -0.2) is 4.79 Å². The lowest BCUT2D eigenvalue weighted by molar-refractivity contribution is -0.145. The number of thiol groups is 1. The number of nitrogens with one attached hydrogen (secondary N) is 3. The van der Waals surface area contributed by atoms with Gasteiger partial charge < -0.3 is 31.9 Å². The van der Waals surface area contributed by atoms with Crippen LogP contribution in [0, 0.1) is 0 Å². The van der Waals surface area contributed by atoms with E-state index >= 15 is 0 Å². The van der Waals surface area contributed by atoms with Crippen molar-refractivity contribution in [2.45, 2.75) is 50.5 Å². The zero-order chi connectivity index (χ0) is 21.1. The normalized spacial score (nSPS) is 16.4. The highest BCUT2D eigenvalue weighted by atomic mass is 32.2. The van der Waals surface area contributed by atoms with Crippen LogP contribution in [0.4, 0.5) is 0 Å². The molecule has 0 saturated heterocycles. The monoisotopic (exact) mass is 424 g/mol. The van der Waals surface area contributed by atoms with Crippen LogP contribution in [0.2, 0.25) is 0 Å². The van der Waals surface area contributed by atoms with Gasteiger partial charge in [0, 0.05) is 5.75 Å². The van der Waals surface area contributed by atoms with Crippen molar-refractivity contribution in [2.75, 3.05) is 17.8 Å². The third-order valence-corrected chi connectivity index (χ3v) is 4.61. The lowest BCUT2D eigenvalue weighted by atomic mass is 10.1. The van der Waals surface area contributed by atoms with E-state index in [1.54, 1.807) is 0 Å². The number of carbonyl (C=O) groups excluding carboxylic acids is 3. The SMILES string of the molecule is CSCCC(NC(=O)C(C)NC(=O)C(N)CS)C(=O)NC(C(=O)O)C(C)O.